The van der Waals surface area contributed by atoms with Gasteiger partial charge in [0.1, 0.15) is 5.75 Å². The predicted octanol–water partition coefficient (Wildman–Crippen LogP) is 3.50. The van der Waals surface area contributed by atoms with Crippen molar-refractivity contribution in [2.45, 2.75) is 25.9 Å². The van der Waals surface area contributed by atoms with Crippen LogP contribution >= 0.6 is 23.2 Å². The minimum atomic E-state index is 0.565. The minimum absolute atomic E-state index is 0.565. The molecule has 0 aliphatic heterocycles. The second kappa shape index (κ2) is 4.82. The van der Waals surface area contributed by atoms with E-state index in [1.165, 1.54) is 6.42 Å². The standard InChI is InChI=1S/C12H15Cl2NO/c1-7-3-11(7)15-6-8-4-9(13)5-10(14)12(8)16-2/h4-5,7,11,15H,3,6H2,1-2H3. The van der Waals surface area contributed by atoms with Crippen LogP contribution in [0.3, 0.4) is 0 Å². The van der Waals surface area contributed by atoms with Crippen LogP contribution in [0.1, 0.15) is 18.9 Å². The van der Waals surface area contributed by atoms with Crippen molar-refractivity contribution in [1.82, 2.24) is 5.32 Å². The lowest BCUT2D eigenvalue weighted by Crippen LogP contribution is -2.17. The van der Waals surface area contributed by atoms with Gasteiger partial charge in [0.2, 0.25) is 0 Å². The maximum absolute atomic E-state index is 6.06. The van der Waals surface area contributed by atoms with Crippen LogP contribution in [0.2, 0.25) is 10.0 Å². The summed E-state index contributed by atoms with van der Waals surface area (Å²) in [5.41, 5.74) is 1.01. The van der Waals surface area contributed by atoms with Crippen molar-refractivity contribution in [1.29, 1.82) is 0 Å². The first kappa shape index (κ1) is 12.0. The van der Waals surface area contributed by atoms with Crippen LogP contribution in [0.4, 0.5) is 0 Å². The van der Waals surface area contributed by atoms with Gasteiger partial charge in [-0.3, -0.25) is 0 Å². The fraction of sp³-hybridized carbons (Fsp3) is 0.500. The molecule has 0 spiro atoms. The van der Waals surface area contributed by atoms with Crippen LogP contribution in [0.5, 0.6) is 5.75 Å². The fourth-order valence-electron chi connectivity index (χ4n) is 1.82. The maximum Gasteiger partial charge on any atom is 0.142 e. The lowest BCUT2D eigenvalue weighted by molar-refractivity contribution is 0.407. The molecule has 1 aromatic rings. The Bertz CT molecular complexity index is 395. The SMILES string of the molecule is COc1c(Cl)cc(Cl)cc1CNC1CC1C. The molecule has 1 aliphatic carbocycles. The highest BCUT2D eigenvalue weighted by molar-refractivity contribution is 6.35. The van der Waals surface area contributed by atoms with Crippen molar-refractivity contribution >= 4 is 23.2 Å². The van der Waals surface area contributed by atoms with Crippen LogP contribution in [0.25, 0.3) is 0 Å². The van der Waals surface area contributed by atoms with Gasteiger partial charge in [0, 0.05) is 23.2 Å². The number of hydrogen-bond donors (Lipinski definition) is 1. The number of halogens is 2. The molecule has 1 N–H and O–H groups in total. The summed E-state index contributed by atoms with van der Waals surface area (Å²) >= 11 is 12.0. The van der Waals surface area contributed by atoms with Crippen LogP contribution in [-0.4, -0.2) is 13.2 Å². The van der Waals surface area contributed by atoms with Crippen LogP contribution in [0.15, 0.2) is 12.1 Å². The monoisotopic (exact) mass is 259 g/mol. The van der Waals surface area contributed by atoms with Gasteiger partial charge in [0.05, 0.1) is 12.1 Å². The number of ether oxygens (including phenoxy) is 1. The molecule has 4 heteroatoms. The van der Waals surface area contributed by atoms with Gasteiger partial charge in [-0.15, -0.1) is 0 Å². The summed E-state index contributed by atoms with van der Waals surface area (Å²) in [5.74, 6) is 1.49. The highest BCUT2D eigenvalue weighted by Gasteiger charge is 2.31. The lowest BCUT2D eigenvalue weighted by atomic mass is 10.2. The van der Waals surface area contributed by atoms with Crippen molar-refractivity contribution in [2.75, 3.05) is 7.11 Å². The Kier molecular flexibility index (Phi) is 3.63. The lowest BCUT2D eigenvalue weighted by Gasteiger charge is -2.11. The van der Waals surface area contributed by atoms with Crippen LogP contribution < -0.4 is 10.1 Å². The summed E-state index contributed by atoms with van der Waals surface area (Å²) in [7, 11) is 1.62. The first-order chi connectivity index (χ1) is 7.61. The van der Waals surface area contributed by atoms with Crippen molar-refractivity contribution in [2.24, 2.45) is 5.92 Å². The first-order valence-corrected chi connectivity index (χ1v) is 6.12. The van der Waals surface area contributed by atoms with Gasteiger partial charge in [-0.1, -0.05) is 30.1 Å². The molecule has 16 heavy (non-hydrogen) atoms. The summed E-state index contributed by atoms with van der Waals surface area (Å²) in [4.78, 5) is 0. The van der Waals surface area contributed by atoms with E-state index in [2.05, 4.69) is 12.2 Å². The normalized spacial score (nSPS) is 23.2. The van der Waals surface area contributed by atoms with Gasteiger partial charge in [-0.2, -0.15) is 0 Å². The van der Waals surface area contributed by atoms with Crippen molar-refractivity contribution < 1.29 is 4.74 Å². The Morgan fingerprint density at radius 1 is 1.44 bits per heavy atom. The molecule has 0 aromatic heterocycles. The van der Waals surface area contributed by atoms with E-state index in [1.54, 1.807) is 13.2 Å². The van der Waals surface area contributed by atoms with Crippen molar-refractivity contribution in [3.05, 3.63) is 27.7 Å². The topological polar surface area (TPSA) is 21.3 Å². The largest absolute Gasteiger partial charge is 0.495 e. The molecule has 0 saturated heterocycles. The Morgan fingerprint density at radius 3 is 2.69 bits per heavy atom. The van der Waals surface area contributed by atoms with E-state index >= 15 is 0 Å². The summed E-state index contributed by atoms with van der Waals surface area (Å²) < 4.78 is 5.28. The predicted molar refractivity (Wildman–Crippen MR) is 67.4 cm³/mol. The summed E-state index contributed by atoms with van der Waals surface area (Å²) in [6.45, 7) is 2.98. The van der Waals surface area contributed by atoms with E-state index in [0.29, 0.717) is 21.8 Å². The molecule has 2 nitrogen and oxygen atoms in total. The van der Waals surface area contributed by atoms with Gasteiger partial charge >= 0.3 is 0 Å². The Morgan fingerprint density at radius 2 is 2.12 bits per heavy atom. The van der Waals surface area contributed by atoms with Crippen LogP contribution in [-0.2, 0) is 6.54 Å². The molecular weight excluding hydrogens is 245 g/mol. The minimum Gasteiger partial charge on any atom is -0.495 e. The zero-order valence-electron chi connectivity index (χ0n) is 9.39. The highest BCUT2D eigenvalue weighted by Crippen LogP contribution is 2.34. The summed E-state index contributed by atoms with van der Waals surface area (Å²) in [5, 5.41) is 4.66. The highest BCUT2D eigenvalue weighted by atomic mass is 35.5. The molecule has 2 unspecified atom stereocenters. The Labute approximate surface area is 106 Å². The van der Waals surface area contributed by atoms with Gasteiger partial charge in [-0.05, 0) is 24.5 Å². The molecule has 88 valence electrons. The third kappa shape index (κ3) is 2.62. The average Bonchev–Trinajstić information content (AvgIpc) is 2.91. The van der Waals surface area contributed by atoms with E-state index in [9.17, 15) is 0 Å². The second-order valence-corrected chi connectivity index (χ2v) is 5.12. The zero-order valence-corrected chi connectivity index (χ0v) is 10.9. The quantitative estimate of drug-likeness (QED) is 0.894. The maximum atomic E-state index is 6.06. The number of nitrogens with one attached hydrogen (secondary N) is 1. The van der Waals surface area contributed by atoms with Gasteiger partial charge in [-0.25, -0.2) is 0 Å². The van der Waals surface area contributed by atoms with Crippen LogP contribution in [0, 0.1) is 5.92 Å². The molecule has 0 amide bonds. The van der Waals surface area contributed by atoms with E-state index in [0.717, 1.165) is 18.0 Å². The molecule has 1 aliphatic rings. The molecule has 0 heterocycles. The Hall–Kier alpha value is -0.440. The molecule has 0 bridgehead atoms. The Balaban J connectivity index is 2.11. The van der Waals surface area contributed by atoms with E-state index in [4.69, 9.17) is 27.9 Å². The molecule has 1 aromatic carbocycles. The molecule has 1 fully saturated rings. The summed E-state index contributed by atoms with van der Waals surface area (Å²) in [6, 6.07) is 4.22. The van der Waals surface area contributed by atoms with Gasteiger partial charge < -0.3 is 10.1 Å². The van der Waals surface area contributed by atoms with E-state index < -0.39 is 0 Å². The van der Waals surface area contributed by atoms with Crippen molar-refractivity contribution in [3.8, 4) is 5.75 Å². The van der Waals surface area contributed by atoms with Crippen molar-refractivity contribution in [3.63, 3.8) is 0 Å². The fourth-order valence-corrected chi connectivity index (χ4v) is 2.43. The molecule has 1 saturated carbocycles. The third-order valence-corrected chi connectivity index (χ3v) is 3.45. The van der Waals surface area contributed by atoms with Gasteiger partial charge in [0.25, 0.3) is 0 Å². The van der Waals surface area contributed by atoms with E-state index in [-0.39, 0.29) is 0 Å². The molecule has 2 atom stereocenters. The first-order valence-electron chi connectivity index (χ1n) is 5.37. The number of hydrogen-bond acceptors (Lipinski definition) is 2. The number of methoxy groups -OCH3 is 1. The molecular formula is C12H15Cl2NO. The molecule has 0 radical (unpaired) electrons. The van der Waals surface area contributed by atoms with Gasteiger partial charge in [0.15, 0.2) is 0 Å². The van der Waals surface area contributed by atoms with E-state index in [1.807, 2.05) is 6.07 Å². The number of benzene rings is 1. The second-order valence-electron chi connectivity index (χ2n) is 4.28. The third-order valence-electron chi connectivity index (χ3n) is 2.95. The smallest absolute Gasteiger partial charge is 0.142 e. The summed E-state index contributed by atoms with van der Waals surface area (Å²) in [6.07, 6.45) is 1.25. The number of rotatable bonds is 4. The molecule has 2 rings (SSSR count). The zero-order chi connectivity index (χ0) is 11.7. The average molecular weight is 260 g/mol.